The number of aryl methyl sites for hydroxylation is 2. The van der Waals surface area contributed by atoms with Crippen LogP contribution in [0.15, 0.2) is 4.90 Å². The third-order valence-corrected chi connectivity index (χ3v) is 6.92. The first kappa shape index (κ1) is 17.7. The van der Waals surface area contributed by atoms with Crippen molar-refractivity contribution in [2.24, 2.45) is 13.0 Å². The molecule has 2 atom stereocenters. The van der Waals surface area contributed by atoms with Crippen molar-refractivity contribution < 1.29 is 8.42 Å². The topological polar surface area (TPSA) is 58.4 Å². The molecule has 0 unspecified atom stereocenters. The van der Waals surface area contributed by atoms with Gasteiger partial charge < -0.3 is 4.90 Å². The standard InChI is InChI=1S/C14H25ClN4O2S/c1-6-7-11-8-19(9-12(11)17(3)4)22(20,21)13-10(2)16-18(5)14(13)15/h11-12H,6-9H2,1-5H3/t11-,12-/m1/s1. The fourth-order valence-corrected chi connectivity index (χ4v) is 5.50. The van der Waals surface area contributed by atoms with Gasteiger partial charge in [0, 0.05) is 26.2 Å². The molecule has 2 rings (SSSR count). The van der Waals surface area contributed by atoms with Crippen LogP contribution in [0.1, 0.15) is 25.5 Å². The normalized spacial score (nSPS) is 23.6. The number of hydrogen-bond acceptors (Lipinski definition) is 4. The molecular weight excluding hydrogens is 324 g/mol. The van der Waals surface area contributed by atoms with Gasteiger partial charge in [-0.05, 0) is 33.4 Å². The van der Waals surface area contributed by atoms with Gasteiger partial charge in [0.1, 0.15) is 10.0 Å². The highest BCUT2D eigenvalue weighted by Crippen LogP contribution is 2.33. The van der Waals surface area contributed by atoms with Crippen LogP contribution in [0.5, 0.6) is 0 Å². The van der Waals surface area contributed by atoms with Gasteiger partial charge in [-0.2, -0.15) is 9.40 Å². The maximum Gasteiger partial charge on any atom is 0.248 e. The molecule has 6 nitrogen and oxygen atoms in total. The smallest absolute Gasteiger partial charge is 0.248 e. The van der Waals surface area contributed by atoms with Crippen LogP contribution in [0.4, 0.5) is 0 Å². The summed E-state index contributed by atoms with van der Waals surface area (Å²) in [6.07, 6.45) is 2.07. The van der Waals surface area contributed by atoms with E-state index in [9.17, 15) is 8.42 Å². The van der Waals surface area contributed by atoms with Crippen LogP contribution in [0, 0.1) is 12.8 Å². The lowest BCUT2D eigenvalue weighted by atomic mass is 9.98. The van der Waals surface area contributed by atoms with Gasteiger partial charge in [0.15, 0.2) is 0 Å². The van der Waals surface area contributed by atoms with E-state index in [1.807, 2.05) is 14.1 Å². The molecule has 1 aromatic rings. The summed E-state index contributed by atoms with van der Waals surface area (Å²) in [6, 6.07) is 0.241. The Labute approximate surface area is 138 Å². The van der Waals surface area contributed by atoms with E-state index in [-0.39, 0.29) is 16.1 Å². The first-order chi connectivity index (χ1) is 10.2. The monoisotopic (exact) mass is 348 g/mol. The molecule has 0 bridgehead atoms. The molecule has 0 radical (unpaired) electrons. The zero-order valence-corrected chi connectivity index (χ0v) is 15.4. The molecule has 1 fully saturated rings. The minimum absolute atomic E-state index is 0.145. The molecule has 2 heterocycles. The summed E-state index contributed by atoms with van der Waals surface area (Å²) >= 11 is 6.16. The highest BCUT2D eigenvalue weighted by Gasteiger charge is 2.41. The molecule has 126 valence electrons. The summed E-state index contributed by atoms with van der Waals surface area (Å²) in [7, 11) is 2.06. The molecule has 1 aromatic heterocycles. The molecule has 0 N–H and O–H groups in total. The molecule has 1 aliphatic heterocycles. The highest BCUT2D eigenvalue weighted by atomic mass is 35.5. The van der Waals surface area contributed by atoms with Crippen molar-refractivity contribution in [3.63, 3.8) is 0 Å². The third kappa shape index (κ3) is 3.04. The summed E-state index contributed by atoms with van der Waals surface area (Å²) in [5.41, 5.74) is 0.452. The van der Waals surface area contributed by atoms with Crippen LogP contribution in [-0.4, -0.2) is 60.6 Å². The largest absolute Gasteiger partial charge is 0.305 e. The van der Waals surface area contributed by atoms with Crippen molar-refractivity contribution in [1.82, 2.24) is 19.0 Å². The maximum absolute atomic E-state index is 13.0. The van der Waals surface area contributed by atoms with E-state index in [2.05, 4.69) is 16.9 Å². The summed E-state index contributed by atoms with van der Waals surface area (Å²) in [5.74, 6) is 0.352. The average molecular weight is 349 g/mol. The first-order valence-electron chi connectivity index (χ1n) is 7.55. The predicted octanol–water partition coefficient (Wildman–Crippen LogP) is 1.73. The number of halogens is 1. The Kier molecular flexibility index (Phi) is 5.21. The molecular formula is C14H25ClN4O2S. The fraction of sp³-hybridized carbons (Fsp3) is 0.786. The number of sulfonamides is 1. The van der Waals surface area contributed by atoms with E-state index in [0.717, 1.165) is 12.8 Å². The van der Waals surface area contributed by atoms with Gasteiger partial charge in [0.05, 0.1) is 5.69 Å². The highest BCUT2D eigenvalue weighted by molar-refractivity contribution is 7.89. The Bertz CT molecular complexity index is 642. The molecule has 1 aliphatic rings. The summed E-state index contributed by atoms with van der Waals surface area (Å²) in [5, 5.41) is 4.30. The zero-order chi connectivity index (χ0) is 16.7. The Balaban J connectivity index is 2.35. The van der Waals surface area contributed by atoms with Gasteiger partial charge >= 0.3 is 0 Å². The lowest BCUT2D eigenvalue weighted by molar-refractivity contribution is 0.244. The Morgan fingerprint density at radius 2 is 2.00 bits per heavy atom. The number of hydrogen-bond donors (Lipinski definition) is 0. The van der Waals surface area contributed by atoms with E-state index < -0.39 is 10.0 Å². The van der Waals surface area contributed by atoms with E-state index >= 15 is 0 Å². The molecule has 0 aliphatic carbocycles. The second-order valence-electron chi connectivity index (χ2n) is 6.23. The van der Waals surface area contributed by atoms with Crippen molar-refractivity contribution in [2.75, 3.05) is 27.2 Å². The van der Waals surface area contributed by atoms with Crippen LogP contribution in [0.3, 0.4) is 0 Å². The van der Waals surface area contributed by atoms with Gasteiger partial charge in [-0.3, -0.25) is 4.68 Å². The van der Waals surface area contributed by atoms with Crippen molar-refractivity contribution in [3.05, 3.63) is 10.8 Å². The Morgan fingerprint density at radius 3 is 2.45 bits per heavy atom. The molecule has 0 amide bonds. The number of likely N-dealkylation sites (N-methyl/N-ethyl adjacent to an activating group) is 1. The zero-order valence-electron chi connectivity index (χ0n) is 13.9. The Morgan fingerprint density at radius 1 is 1.36 bits per heavy atom. The predicted molar refractivity (Wildman–Crippen MR) is 87.6 cm³/mol. The second-order valence-corrected chi connectivity index (χ2v) is 8.46. The van der Waals surface area contributed by atoms with Crippen molar-refractivity contribution in [2.45, 2.75) is 37.6 Å². The molecule has 1 saturated heterocycles. The molecule has 0 spiro atoms. The Hall–Kier alpha value is -0.630. The molecule has 22 heavy (non-hydrogen) atoms. The van der Waals surface area contributed by atoms with Gasteiger partial charge in [-0.15, -0.1) is 0 Å². The molecule has 8 heteroatoms. The average Bonchev–Trinajstić information content (AvgIpc) is 2.93. The number of nitrogens with zero attached hydrogens (tertiary/aromatic N) is 4. The number of rotatable bonds is 5. The van der Waals surface area contributed by atoms with Crippen molar-refractivity contribution in [1.29, 1.82) is 0 Å². The maximum atomic E-state index is 13.0. The van der Waals surface area contributed by atoms with E-state index in [0.29, 0.717) is 24.7 Å². The SMILES string of the molecule is CCC[C@@H]1CN(S(=O)(=O)c2c(C)nn(C)c2Cl)C[C@H]1N(C)C. The van der Waals surface area contributed by atoms with E-state index in [1.54, 1.807) is 18.3 Å². The van der Waals surface area contributed by atoms with Crippen molar-refractivity contribution in [3.8, 4) is 0 Å². The quantitative estimate of drug-likeness (QED) is 0.813. The van der Waals surface area contributed by atoms with Gasteiger partial charge in [0.2, 0.25) is 10.0 Å². The van der Waals surface area contributed by atoms with E-state index in [4.69, 9.17) is 11.6 Å². The lowest BCUT2D eigenvalue weighted by Gasteiger charge is -2.24. The third-order valence-electron chi connectivity index (χ3n) is 4.39. The van der Waals surface area contributed by atoms with Crippen LogP contribution < -0.4 is 0 Å². The lowest BCUT2D eigenvalue weighted by Crippen LogP contribution is -2.36. The summed E-state index contributed by atoms with van der Waals surface area (Å²) in [4.78, 5) is 2.26. The van der Waals surface area contributed by atoms with Crippen molar-refractivity contribution >= 4 is 21.6 Å². The first-order valence-corrected chi connectivity index (χ1v) is 9.37. The number of aromatic nitrogens is 2. The van der Waals surface area contributed by atoms with Crippen LogP contribution >= 0.6 is 11.6 Å². The summed E-state index contributed by atoms with van der Waals surface area (Å²) < 4.78 is 28.9. The summed E-state index contributed by atoms with van der Waals surface area (Å²) in [6.45, 7) is 4.86. The molecule has 0 saturated carbocycles. The molecule has 0 aromatic carbocycles. The van der Waals surface area contributed by atoms with Gasteiger partial charge in [0.25, 0.3) is 0 Å². The minimum Gasteiger partial charge on any atom is -0.305 e. The van der Waals surface area contributed by atoms with Crippen LogP contribution in [-0.2, 0) is 17.1 Å². The van der Waals surface area contributed by atoms with Crippen LogP contribution in [0.2, 0.25) is 5.15 Å². The van der Waals surface area contributed by atoms with Crippen LogP contribution in [0.25, 0.3) is 0 Å². The van der Waals surface area contributed by atoms with Gasteiger partial charge in [-0.1, -0.05) is 24.9 Å². The second kappa shape index (κ2) is 6.47. The fourth-order valence-electron chi connectivity index (χ4n) is 3.28. The van der Waals surface area contributed by atoms with E-state index in [1.165, 1.54) is 4.68 Å². The van der Waals surface area contributed by atoms with Gasteiger partial charge in [-0.25, -0.2) is 8.42 Å². The minimum atomic E-state index is -3.61.